The summed E-state index contributed by atoms with van der Waals surface area (Å²) in [7, 11) is 0. The van der Waals surface area contributed by atoms with E-state index in [1.54, 1.807) is 33.3 Å². The van der Waals surface area contributed by atoms with Crippen molar-refractivity contribution in [3.63, 3.8) is 0 Å². The SMILES string of the molecule is CC(C)(C)OC(=O)NCC(NC(=O)Cc1cncn1Cc1ccc2ccccc2c1)C(=O)O. The number of rotatable bonds is 8. The molecule has 174 valence electrons. The minimum Gasteiger partial charge on any atom is -0.480 e. The number of amides is 2. The van der Waals surface area contributed by atoms with Crippen LogP contribution in [-0.4, -0.2) is 50.8 Å². The second kappa shape index (κ2) is 10.2. The van der Waals surface area contributed by atoms with Crippen LogP contribution in [0.2, 0.25) is 0 Å². The predicted octanol–water partition coefficient (Wildman–Crippen LogP) is 2.72. The molecule has 0 aliphatic carbocycles. The molecule has 9 heteroatoms. The average Bonchev–Trinajstić information content (AvgIpc) is 3.15. The van der Waals surface area contributed by atoms with Crippen molar-refractivity contribution in [1.82, 2.24) is 20.2 Å². The van der Waals surface area contributed by atoms with Crippen molar-refractivity contribution in [1.29, 1.82) is 0 Å². The van der Waals surface area contributed by atoms with Crippen LogP contribution < -0.4 is 10.6 Å². The average molecular weight is 453 g/mol. The number of carbonyl (C=O) groups excluding carboxylic acids is 2. The van der Waals surface area contributed by atoms with Crippen molar-refractivity contribution < 1.29 is 24.2 Å². The molecule has 33 heavy (non-hydrogen) atoms. The number of imidazole rings is 1. The van der Waals surface area contributed by atoms with Crippen LogP contribution in [0.1, 0.15) is 32.0 Å². The maximum atomic E-state index is 12.5. The number of ether oxygens (including phenoxy) is 1. The maximum Gasteiger partial charge on any atom is 0.407 e. The zero-order valence-electron chi connectivity index (χ0n) is 18.9. The summed E-state index contributed by atoms with van der Waals surface area (Å²) in [5.74, 6) is -1.75. The Morgan fingerprint density at radius 2 is 1.85 bits per heavy atom. The predicted molar refractivity (Wildman–Crippen MR) is 123 cm³/mol. The summed E-state index contributed by atoms with van der Waals surface area (Å²) in [4.78, 5) is 40.0. The Balaban J connectivity index is 1.60. The topological polar surface area (TPSA) is 123 Å². The smallest absolute Gasteiger partial charge is 0.407 e. The van der Waals surface area contributed by atoms with Gasteiger partial charge >= 0.3 is 12.1 Å². The normalized spacial score (nSPS) is 12.2. The number of carboxylic acid groups (broad SMARTS) is 1. The molecular weight excluding hydrogens is 424 g/mol. The molecule has 0 bridgehead atoms. The molecule has 0 saturated carbocycles. The third-order valence-electron chi connectivity index (χ3n) is 4.79. The van der Waals surface area contributed by atoms with Crippen LogP contribution in [0.15, 0.2) is 55.0 Å². The van der Waals surface area contributed by atoms with Crippen LogP contribution in [0.3, 0.4) is 0 Å². The van der Waals surface area contributed by atoms with Crippen molar-refractivity contribution in [3.05, 3.63) is 66.2 Å². The third-order valence-corrected chi connectivity index (χ3v) is 4.79. The number of fused-ring (bicyclic) bond motifs is 1. The lowest BCUT2D eigenvalue weighted by Gasteiger charge is -2.21. The number of nitrogens with zero attached hydrogens (tertiary/aromatic N) is 2. The molecule has 3 aromatic rings. The van der Waals surface area contributed by atoms with Gasteiger partial charge in [0.15, 0.2) is 0 Å². The molecule has 2 aromatic carbocycles. The van der Waals surface area contributed by atoms with E-state index in [-0.39, 0.29) is 13.0 Å². The van der Waals surface area contributed by atoms with Gasteiger partial charge in [-0.05, 0) is 43.2 Å². The Bertz CT molecular complexity index is 1150. The van der Waals surface area contributed by atoms with Crippen LogP contribution in [0.25, 0.3) is 10.8 Å². The molecule has 0 aliphatic rings. The third kappa shape index (κ3) is 7.06. The maximum absolute atomic E-state index is 12.5. The van der Waals surface area contributed by atoms with Crippen molar-refractivity contribution in [2.75, 3.05) is 6.54 Å². The Labute approximate surface area is 191 Å². The Morgan fingerprint density at radius 1 is 1.12 bits per heavy atom. The first-order chi connectivity index (χ1) is 15.6. The largest absolute Gasteiger partial charge is 0.480 e. The van der Waals surface area contributed by atoms with E-state index in [9.17, 15) is 19.5 Å². The molecule has 1 heterocycles. The van der Waals surface area contributed by atoms with Gasteiger partial charge in [0, 0.05) is 18.4 Å². The summed E-state index contributed by atoms with van der Waals surface area (Å²) in [5.41, 5.74) is 0.985. The first kappa shape index (κ1) is 23.8. The first-order valence-corrected chi connectivity index (χ1v) is 10.6. The summed E-state index contributed by atoms with van der Waals surface area (Å²) in [5, 5.41) is 16.5. The zero-order valence-corrected chi connectivity index (χ0v) is 18.9. The number of benzene rings is 2. The number of aliphatic carboxylic acids is 1. The van der Waals surface area contributed by atoms with Gasteiger partial charge in [-0.15, -0.1) is 0 Å². The van der Waals surface area contributed by atoms with Gasteiger partial charge < -0.3 is 25.0 Å². The second-order valence-electron chi connectivity index (χ2n) is 8.71. The Morgan fingerprint density at radius 3 is 2.55 bits per heavy atom. The quantitative estimate of drug-likeness (QED) is 0.483. The molecule has 1 atom stereocenters. The van der Waals surface area contributed by atoms with Crippen LogP contribution >= 0.6 is 0 Å². The van der Waals surface area contributed by atoms with E-state index < -0.39 is 29.6 Å². The van der Waals surface area contributed by atoms with Crippen LogP contribution in [-0.2, 0) is 27.3 Å². The van der Waals surface area contributed by atoms with E-state index in [2.05, 4.69) is 21.7 Å². The van der Waals surface area contributed by atoms with E-state index >= 15 is 0 Å². The standard InChI is InChI=1S/C24H28N4O5/c1-24(2,3)33-23(32)26-13-20(22(30)31)27-21(29)11-19-12-25-15-28(19)14-16-8-9-17-6-4-5-7-18(17)10-16/h4-10,12,15,20H,11,13-14H2,1-3H3,(H,26,32)(H,27,29)(H,30,31). The van der Waals surface area contributed by atoms with Crippen molar-refractivity contribution >= 4 is 28.7 Å². The second-order valence-corrected chi connectivity index (χ2v) is 8.71. The van der Waals surface area contributed by atoms with Gasteiger partial charge in [0.1, 0.15) is 11.6 Å². The highest BCUT2D eigenvalue weighted by Crippen LogP contribution is 2.17. The van der Waals surface area contributed by atoms with Crippen molar-refractivity contribution in [3.8, 4) is 0 Å². The minimum absolute atomic E-state index is 0.0518. The van der Waals surface area contributed by atoms with E-state index in [0.717, 1.165) is 16.3 Å². The fraction of sp³-hybridized carbons (Fsp3) is 0.333. The monoisotopic (exact) mass is 452 g/mol. The molecule has 3 N–H and O–H groups in total. The van der Waals surface area contributed by atoms with Crippen LogP contribution in [0, 0.1) is 0 Å². The van der Waals surface area contributed by atoms with Gasteiger partial charge in [0.25, 0.3) is 0 Å². The molecule has 1 aromatic heterocycles. The number of nitrogens with one attached hydrogen (secondary N) is 2. The zero-order chi connectivity index (χ0) is 24.0. The van der Waals surface area contributed by atoms with Gasteiger partial charge in [-0.25, -0.2) is 14.6 Å². The lowest BCUT2D eigenvalue weighted by Crippen LogP contribution is -2.49. The lowest BCUT2D eigenvalue weighted by molar-refractivity contribution is -0.141. The van der Waals surface area contributed by atoms with Gasteiger partial charge in [-0.2, -0.15) is 0 Å². The highest BCUT2D eigenvalue weighted by molar-refractivity contribution is 5.85. The van der Waals surface area contributed by atoms with Gasteiger partial charge in [-0.3, -0.25) is 4.79 Å². The highest BCUT2D eigenvalue weighted by Gasteiger charge is 2.23. The lowest BCUT2D eigenvalue weighted by atomic mass is 10.1. The molecule has 2 amide bonds. The Hall–Kier alpha value is -3.88. The van der Waals surface area contributed by atoms with Crippen LogP contribution in [0.5, 0.6) is 0 Å². The molecule has 3 rings (SSSR count). The Kier molecular flexibility index (Phi) is 7.32. The molecule has 0 saturated heterocycles. The molecule has 0 fully saturated rings. The summed E-state index contributed by atoms with van der Waals surface area (Å²) in [6.07, 6.45) is 2.41. The molecule has 0 radical (unpaired) electrons. The molecule has 0 spiro atoms. The van der Waals surface area contributed by atoms with Gasteiger partial charge in [-0.1, -0.05) is 36.4 Å². The summed E-state index contributed by atoms with van der Waals surface area (Å²) < 4.78 is 6.94. The summed E-state index contributed by atoms with van der Waals surface area (Å²) in [6, 6.07) is 12.9. The van der Waals surface area contributed by atoms with E-state index in [4.69, 9.17) is 4.74 Å². The van der Waals surface area contributed by atoms with Crippen molar-refractivity contribution in [2.24, 2.45) is 0 Å². The number of carboxylic acids is 1. The van der Waals surface area contributed by atoms with E-state index in [1.807, 2.05) is 41.0 Å². The highest BCUT2D eigenvalue weighted by atomic mass is 16.6. The molecule has 9 nitrogen and oxygen atoms in total. The van der Waals surface area contributed by atoms with E-state index in [0.29, 0.717) is 12.2 Å². The number of aromatic nitrogens is 2. The molecular formula is C24H28N4O5. The fourth-order valence-electron chi connectivity index (χ4n) is 3.28. The minimum atomic E-state index is -1.29. The number of alkyl carbamates (subject to hydrolysis) is 1. The van der Waals surface area contributed by atoms with Gasteiger partial charge in [0.2, 0.25) is 5.91 Å². The first-order valence-electron chi connectivity index (χ1n) is 10.6. The number of hydrogen-bond donors (Lipinski definition) is 3. The fourth-order valence-corrected chi connectivity index (χ4v) is 3.28. The number of carbonyl (C=O) groups is 3. The molecule has 0 aliphatic heterocycles. The van der Waals surface area contributed by atoms with Crippen LogP contribution in [0.4, 0.5) is 4.79 Å². The summed E-state index contributed by atoms with van der Waals surface area (Å²) >= 11 is 0. The van der Waals surface area contributed by atoms with E-state index in [1.165, 1.54) is 0 Å². The van der Waals surface area contributed by atoms with Crippen molar-refractivity contribution in [2.45, 2.75) is 45.4 Å². The number of hydrogen-bond acceptors (Lipinski definition) is 5. The summed E-state index contributed by atoms with van der Waals surface area (Å²) in [6.45, 7) is 5.32. The molecule has 1 unspecified atom stereocenters. The van der Waals surface area contributed by atoms with Gasteiger partial charge in [0.05, 0.1) is 19.3 Å².